The molecule has 1 atom stereocenters. The molecule has 35 heavy (non-hydrogen) atoms. The predicted octanol–water partition coefficient (Wildman–Crippen LogP) is 3.81. The molecule has 0 bridgehead atoms. The van der Waals surface area contributed by atoms with E-state index in [-0.39, 0.29) is 17.9 Å². The quantitative estimate of drug-likeness (QED) is 0.654. The topological polar surface area (TPSA) is 79.0 Å². The molecule has 2 heterocycles. The first kappa shape index (κ1) is 25.5. The van der Waals surface area contributed by atoms with Crippen molar-refractivity contribution in [2.75, 3.05) is 30.2 Å². The fraction of sp³-hybridized carbons (Fsp3) is 0.519. The van der Waals surface area contributed by atoms with Crippen molar-refractivity contribution in [3.63, 3.8) is 0 Å². The number of carbonyl (C=O) groups excluding carboxylic acids is 1. The highest BCUT2D eigenvalue weighted by Crippen LogP contribution is 2.38. The third kappa shape index (κ3) is 6.16. The molecule has 0 aromatic heterocycles. The zero-order valence-corrected chi connectivity index (χ0v) is 22.0. The molecule has 2 aliphatic heterocycles. The Hall–Kier alpha value is -2.58. The van der Waals surface area contributed by atoms with Gasteiger partial charge in [0.15, 0.2) is 6.10 Å². The average Bonchev–Trinajstić information content (AvgIpc) is 2.81. The number of hydrogen-bond donors (Lipinski definition) is 1. The number of rotatable bonds is 6. The molecule has 7 nitrogen and oxygen atoms in total. The molecule has 1 unspecified atom stereocenters. The summed E-state index contributed by atoms with van der Waals surface area (Å²) in [6.45, 7) is 9.62. The van der Waals surface area contributed by atoms with Crippen LogP contribution < -0.4 is 14.4 Å². The van der Waals surface area contributed by atoms with Crippen LogP contribution in [0.15, 0.2) is 42.5 Å². The monoisotopic (exact) mass is 499 g/mol. The molecule has 1 amide bonds. The minimum absolute atomic E-state index is 0.0549. The van der Waals surface area contributed by atoms with Gasteiger partial charge < -0.3 is 10.1 Å². The van der Waals surface area contributed by atoms with Gasteiger partial charge in [-0.25, -0.2) is 8.42 Å². The van der Waals surface area contributed by atoms with Crippen LogP contribution in [0.2, 0.25) is 0 Å². The zero-order valence-electron chi connectivity index (χ0n) is 21.2. The summed E-state index contributed by atoms with van der Waals surface area (Å²) in [7, 11) is -3.59. The molecule has 1 fully saturated rings. The largest absolute Gasteiger partial charge is 0.476 e. The van der Waals surface area contributed by atoms with Gasteiger partial charge in [0.25, 0.3) is 5.91 Å². The fourth-order valence-corrected chi connectivity index (χ4v) is 5.61. The van der Waals surface area contributed by atoms with Crippen LogP contribution in [0.4, 0.5) is 5.69 Å². The van der Waals surface area contributed by atoms with E-state index < -0.39 is 16.1 Å². The van der Waals surface area contributed by atoms with Gasteiger partial charge in [-0.1, -0.05) is 57.5 Å². The molecule has 190 valence electrons. The summed E-state index contributed by atoms with van der Waals surface area (Å²) in [5.74, 6) is 0.0808. The van der Waals surface area contributed by atoms with E-state index in [2.05, 4.69) is 37.1 Å². The van der Waals surface area contributed by atoms with Crippen LogP contribution in [0.3, 0.4) is 0 Å². The summed E-state index contributed by atoms with van der Waals surface area (Å²) >= 11 is 0. The number of sulfonamides is 1. The second-order valence-electron chi connectivity index (χ2n) is 10.7. The number of benzene rings is 2. The third-order valence-corrected chi connectivity index (χ3v) is 7.95. The SMILES string of the molecule is CC(C)(C)c1ccc2c(c1)N(S(C)(=O)=O)CC(C(=O)NCc1ccccc1CN1CCCCC1)O2. The molecule has 0 radical (unpaired) electrons. The highest BCUT2D eigenvalue weighted by Gasteiger charge is 2.35. The highest BCUT2D eigenvalue weighted by atomic mass is 32.2. The smallest absolute Gasteiger partial charge is 0.263 e. The second-order valence-corrected chi connectivity index (χ2v) is 12.6. The van der Waals surface area contributed by atoms with Crippen LogP contribution in [-0.2, 0) is 33.3 Å². The van der Waals surface area contributed by atoms with Crippen molar-refractivity contribution < 1.29 is 17.9 Å². The summed E-state index contributed by atoms with van der Waals surface area (Å²) in [6, 6.07) is 13.7. The van der Waals surface area contributed by atoms with Crippen LogP contribution in [0, 0.1) is 0 Å². The van der Waals surface area contributed by atoms with Crippen LogP contribution in [0.1, 0.15) is 56.7 Å². The van der Waals surface area contributed by atoms with Crippen LogP contribution in [0.5, 0.6) is 5.75 Å². The third-order valence-electron chi connectivity index (χ3n) is 6.80. The number of nitrogens with one attached hydrogen (secondary N) is 1. The lowest BCUT2D eigenvalue weighted by atomic mass is 9.86. The van der Waals surface area contributed by atoms with E-state index in [1.165, 1.54) is 29.1 Å². The molecule has 2 aliphatic rings. The highest BCUT2D eigenvalue weighted by molar-refractivity contribution is 7.92. The van der Waals surface area contributed by atoms with E-state index >= 15 is 0 Å². The number of amides is 1. The standard InChI is InChI=1S/C27H37N3O4S/c1-27(2,3)22-12-13-24-23(16-22)30(35(4,32)33)19-25(34-24)26(31)28-17-20-10-6-7-11-21(20)18-29-14-8-5-9-15-29/h6-7,10-13,16,25H,5,8-9,14-15,17-19H2,1-4H3,(H,28,31). The first-order valence-corrected chi connectivity index (χ1v) is 14.2. The molecular formula is C27H37N3O4S. The van der Waals surface area contributed by atoms with Gasteiger partial charge in [-0.2, -0.15) is 0 Å². The molecule has 0 aliphatic carbocycles. The number of nitrogens with zero attached hydrogens (tertiary/aromatic N) is 2. The number of piperidine rings is 1. The van der Waals surface area contributed by atoms with Crippen molar-refractivity contribution in [1.82, 2.24) is 10.2 Å². The number of anilines is 1. The number of fused-ring (bicyclic) bond motifs is 1. The van der Waals surface area contributed by atoms with Crippen molar-refractivity contribution >= 4 is 21.6 Å². The molecule has 2 aromatic rings. The van der Waals surface area contributed by atoms with Gasteiger partial charge in [0.2, 0.25) is 10.0 Å². The van der Waals surface area contributed by atoms with Gasteiger partial charge in [0.05, 0.1) is 18.5 Å². The molecular weight excluding hydrogens is 462 g/mol. The summed E-state index contributed by atoms with van der Waals surface area (Å²) in [5, 5.41) is 2.98. The lowest BCUT2D eigenvalue weighted by Gasteiger charge is -2.35. The zero-order chi connectivity index (χ0) is 25.2. The number of hydrogen-bond acceptors (Lipinski definition) is 5. The maximum atomic E-state index is 13.1. The number of ether oxygens (including phenoxy) is 1. The molecule has 0 saturated carbocycles. The molecule has 1 saturated heterocycles. The van der Waals surface area contributed by atoms with E-state index in [1.54, 1.807) is 6.07 Å². The minimum Gasteiger partial charge on any atom is -0.476 e. The Balaban J connectivity index is 1.48. The lowest BCUT2D eigenvalue weighted by Crippen LogP contribution is -2.50. The molecule has 4 rings (SSSR count). The first-order valence-electron chi connectivity index (χ1n) is 12.4. The summed E-state index contributed by atoms with van der Waals surface area (Å²) < 4.78 is 32.5. The normalized spacial score (nSPS) is 19.1. The van der Waals surface area contributed by atoms with E-state index in [0.29, 0.717) is 18.0 Å². The maximum absolute atomic E-state index is 13.1. The van der Waals surface area contributed by atoms with Crippen LogP contribution in [-0.4, -0.2) is 51.2 Å². The first-order chi connectivity index (χ1) is 16.5. The van der Waals surface area contributed by atoms with Crippen molar-refractivity contribution in [1.29, 1.82) is 0 Å². The van der Waals surface area contributed by atoms with Crippen molar-refractivity contribution in [3.8, 4) is 5.75 Å². The molecule has 2 aromatic carbocycles. The maximum Gasteiger partial charge on any atom is 0.263 e. The van der Waals surface area contributed by atoms with Crippen LogP contribution >= 0.6 is 0 Å². The van der Waals surface area contributed by atoms with Gasteiger partial charge >= 0.3 is 0 Å². The van der Waals surface area contributed by atoms with Gasteiger partial charge in [-0.05, 0) is 60.2 Å². The summed E-state index contributed by atoms with van der Waals surface area (Å²) in [5.41, 5.74) is 3.61. The Kier molecular flexibility index (Phi) is 7.43. The van der Waals surface area contributed by atoms with Crippen molar-refractivity contribution in [2.24, 2.45) is 0 Å². The average molecular weight is 500 g/mol. The van der Waals surface area contributed by atoms with Gasteiger partial charge in [0, 0.05) is 13.1 Å². The van der Waals surface area contributed by atoms with E-state index in [0.717, 1.165) is 37.0 Å². The predicted molar refractivity (Wildman–Crippen MR) is 139 cm³/mol. The Morgan fingerprint density at radius 1 is 1.06 bits per heavy atom. The fourth-order valence-electron chi connectivity index (χ4n) is 4.71. The molecule has 0 spiro atoms. The van der Waals surface area contributed by atoms with Gasteiger partial charge in [-0.15, -0.1) is 0 Å². The Morgan fingerprint density at radius 3 is 2.40 bits per heavy atom. The number of likely N-dealkylation sites (tertiary alicyclic amines) is 1. The Bertz CT molecular complexity index is 1170. The van der Waals surface area contributed by atoms with Gasteiger partial charge in [-0.3, -0.25) is 14.0 Å². The Labute approximate surface area is 209 Å². The Morgan fingerprint density at radius 2 is 1.74 bits per heavy atom. The molecule has 8 heteroatoms. The summed E-state index contributed by atoms with van der Waals surface area (Å²) in [4.78, 5) is 15.6. The summed E-state index contributed by atoms with van der Waals surface area (Å²) in [6.07, 6.45) is 3.99. The van der Waals surface area contributed by atoms with Crippen molar-refractivity contribution in [2.45, 2.75) is 64.6 Å². The van der Waals surface area contributed by atoms with E-state index in [4.69, 9.17) is 4.74 Å². The van der Waals surface area contributed by atoms with E-state index in [9.17, 15) is 13.2 Å². The van der Waals surface area contributed by atoms with Gasteiger partial charge in [0.1, 0.15) is 5.75 Å². The lowest BCUT2D eigenvalue weighted by molar-refractivity contribution is -0.127. The number of carbonyl (C=O) groups is 1. The minimum atomic E-state index is -3.59. The second kappa shape index (κ2) is 10.2. The van der Waals surface area contributed by atoms with E-state index in [1.807, 2.05) is 30.3 Å². The molecule has 1 N–H and O–H groups in total. The van der Waals surface area contributed by atoms with Crippen molar-refractivity contribution in [3.05, 3.63) is 59.2 Å². The van der Waals surface area contributed by atoms with Crippen LogP contribution in [0.25, 0.3) is 0 Å².